The summed E-state index contributed by atoms with van der Waals surface area (Å²) in [4.78, 5) is 21.1. The topological polar surface area (TPSA) is 89.1 Å². The lowest BCUT2D eigenvalue weighted by atomic mass is 10.1. The van der Waals surface area contributed by atoms with E-state index in [-0.39, 0.29) is 17.2 Å². The lowest BCUT2D eigenvalue weighted by Crippen LogP contribution is -2.14. The molecule has 0 saturated carbocycles. The fourth-order valence-corrected chi connectivity index (χ4v) is 2.80. The molecule has 3 aromatic heterocycles. The molecule has 4 rings (SSSR count). The number of alkyl halides is 3. The van der Waals surface area contributed by atoms with Gasteiger partial charge in [-0.05, 0) is 24.3 Å². The maximum Gasteiger partial charge on any atom is 0.416 e. The second-order valence-corrected chi connectivity index (χ2v) is 5.83. The predicted molar refractivity (Wildman–Crippen MR) is 93.9 cm³/mol. The van der Waals surface area contributed by atoms with E-state index in [9.17, 15) is 18.0 Å². The average molecular weight is 371 g/mol. The molecule has 3 heterocycles. The van der Waals surface area contributed by atoms with E-state index < -0.39 is 17.3 Å². The number of halogens is 3. The third kappa shape index (κ3) is 2.92. The van der Waals surface area contributed by atoms with E-state index in [2.05, 4.69) is 15.1 Å². The molecule has 0 aliphatic rings. The van der Waals surface area contributed by atoms with E-state index in [0.29, 0.717) is 16.8 Å². The monoisotopic (exact) mass is 371 g/mol. The Morgan fingerprint density at radius 2 is 1.78 bits per heavy atom. The molecule has 6 nitrogen and oxygen atoms in total. The number of anilines is 1. The van der Waals surface area contributed by atoms with E-state index >= 15 is 0 Å². The molecule has 0 radical (unpaired) electrons. The van der Waals surface area contributed by atoms with Crippen molar-refractivity contribution in [1.29, 1.82) is 0 Å². The van der Waals surface area contributed by atoms with Crippen LogP contribution in [0.25, 0.3) is 28.2 Å². The first kappa shape index (κ1) is 16.8. The zero-order chi connectivity index (χ0) is 19.2. The number of rotatable bonds is 2. The molecular formula is C18H12F3N5O. The molecule has 136 valence electrons. The largest absolute Gasteiger partial charge is 0.416 e. The average Bonchev–Trinajstić information content (AvgIpc) is 2.98. The van der Waals surface area contributed by atoms with E-state index in [1.807, 2.05) is 0 Å². The van der Waals surface area contributed by atoms with Crippen LogP contribution in [0.2, 0.25) is 0 Å². The van der Waals surface area contributed by atoms with Crippen LogP contribution in [0.3, 0.4) is 0 Å². The van der Waals surface area contributed by atoms with Crippen molar-refractivity contribution < 1.29 is 13.2 Å². The maximum atomic E-state index is 12.7. The summed E-state index contributed by atoms with van der Waals surface area (Å²) in [6, 6.07) is 10.9. The van der Waals surface area contributed by atoms with E-state index in [1.165, 1.54) is 22.7 Å². The number of nitrogen functional groups attached to an aromatic ring is 1. The molecule has 0 aliphatic carbocycles. The van der Waals surface area contributed by atoms with Gasteiger partial charge in [0.1, 0.15) is 5.82 Å². The van der Waals surface area contributed by atoms with Crippen LogP contribution in [0.5, 0.6) is 0 Å². The maximum absolute atomic E-state index is 12.7. The standard InChI is InChI=1S/C18H12F3N5O/c19-18(20,21)11-6-4-10(5-7-11)13-9-14(27)26-17(24-13)15(16(22)25-26)12-3-1-2-8-23-12/h1-9,25H,22H2. The first-order valence-corrected chi connectivity index (χ1v) is 7.85. The van der Waals surface area contributed by atoms with Crippen molar-refractivity contribution in [2.45, 2.75) is 6.18 Å². The number of benzene rings is 1. The van der Waals surface area contributed by atoms with Gasteiger partial charge in [0, 0.05) is 17.8 Å². The van der Waals surface area contributed by atoms with Crippen LogP contribution >= 0.6 is 0 Å². The van der Waals surface area contributed by atoms with Crippen molar-refractivity contribution in [2.24, 2.45) is 0 Å². The van der Waals surface area contributed by atoms with Crippen molar-refractivity contribution in [2.75, 3.05) is 5.73 Å². The van der Waals surface area contributed by atoms with Crippen LogP contribution in [-0.2, 0) is 6.18 Å². The Hall–Kier alpha value is -3.62. The molecule has 0 spiro atoms. The predicted octanol–water partition coefficient (Wildman–Crippen LogP) is 3.35. The van der Waals surface area contributed by atoms with Gasteiger partial charge in [0.05, 0.1) is 22.5 Å². The summed E-state index contributed by atoms with van der Waals surface area (Å²) in [5.74, 6) is 0.211. The van der Waals surface area contributed by atoms with Crippen LogP contribution in [0, 0.1) is 0 Å². The third-order valence-corrected chi connectivity index (χ3v) is 4.07. The van der Waals surface area contributed by atoms with Gasteiger partial charge in [-0.1, -0.05) is 18.2 Å². The molecule has 3 N–H and O–H groups in total. The minimum atomic E-state index is -4.43. The molecule has 0 atom stereocenters. The van der Waals surface area contributed by atoms with Crippen LogP contribution in [-0.4, -0.2) is 19.6 Å². The highest BCUT2D eigenvalue weighted by molar-refractivity contribution is 5.85. The Labute approximate surface area is 150 Å². The molecule has 27 heavy (non-hydrogen) atoms. The van der Waals surface area contributed by atoms with E-state index in [4.69, 9.17) is 5.73 Å². The second-order valence-electron chi connectivity index (χ2n) is 5.83. The zero-order valence-electron chi connectivity index (χ0n) is 13.7. The number of hydrogen-bond donors (Lipinski definition) is 2. The van der Waals surface area contributed by atoms with Crippen molar-refractivity contribution in [3.8, 4) is 22.5 Å². The molecule has 4 aromatic rings. The van der Waals surface area contributed by atoms with Gasteiger partial charge in [0.15, 0.2) is 5.65 Å². The summed E-state index contributed by atoms with van der Waals surface area (Å²) in [6.45, 7) is 0. The highest BCUT2D eigenvalue weighted by Crippen LogP contribution is 2.31. The third-order valence-electron chi connectivity index (χ3n) is 4.07. The fourth-order valence-electron chi connectivity index (χ4n) is 2.80. The van der Waals surface area contributed by atoms with Gasteiger partial charge in [-0.2, -0.15) is 17.7 Å². The Balaban J connectivity index is 1.90. The quantitative estimate of drug-likeness (QED) is 0.566. The number of nitrogens with one attached hydrogen (secondary N) is 1. The van der Waals surface area contributed by atoms with Gasteiger partial charge < -0.3 is 5.73 Å². The van der Waals surface area contributed by atoms with Gasteiger partial charge in [0.25, 0.3) is 5.56 Å². The Kier molecular flexibility index (Phi) is 3.72. The molecule has 0 saturated heterocycles. The Morgan fingerprint density at radius 3 is 2.41 bits per heavy atom. The van der Waals surface area contributed by atoms with Crippen LogP contribution in [0.4, 0.5) is 19.0 Å². The van der Waals surface area contributed by atoms with Gasteiger partial charge in [-0.25, -0.2) is 4.98 Å². The first-order chi connectivity index (χ1) is 12.8. The van der Waals surface area contributed by atoms with E-state index in [0.717, 1.165) is 12.1 Å². The fraction of sp³-hybridized carbons (Fsp3) is 0.0556. The SMILES string of the molecule is Nc1[nH]n2c(=O)cc(-c3ccc(C(F)(F)F)cc3)nc2c1-c1ccccn1. The number of pyridine rings is 1. The molecule has 0 unspecified atom stereocenters. The van der Waals surface area contributed by atoms with Gasteiger partial charge in [0.2, 0.25) is 0 Å². The summed E-state index contributed by atoms with van der Waals surface area (Å²) >= 11 is 0. The number of nitrogens with two attached hydrogens (primary N) is 1. The van der Waals surface area contributed by atoms with Crippen LogP contribution in [0.1, 0.15) is 5.56 Å². The van der Waals surface area contributed by atoms with Crippen molar-refractivity contribution >= 4 is 11.5 Å². The molecule has 0 aliphatic heterocycles. The molecule has 0 amide bonds. The molecule has 0 fully saturated rings. The summed E-state index contributed by atoms with van der Waals surface area (Å²) < 4.78 is 39.4. The number of nitrogens with zero attached hydrogens (tertiary/aromatic N) is 3. The number of hydrogen-bond acceptors (Lipinski definition) is 4. The summed E-state index contributed by atoms with van der Waals surface area (Å²) in [7, 11) is 0. The van der Waals surface area contributed by atoms with Crippen molar-refractivity contribution in [3.05, 3.63) is 70.6 Å². The number of aromatic nitrogens is 4. The van der Waals surface area contributed by atoms with Gasteiger partial charge >= 0.3 is 6.18 Å². The highest BCUT2D eigenvalue weighted by Gasteiger charge is 2.30. The van der Waals surface area contributed by atoms with Crippen LogP contribution in [0.15, 0.2) is 59.5 Å². The van der Waals surface area contributed by atoms with Gasteiger partial charge in [-0.3, -0.25) is 14.9 Å². The smallest absolute Gasteiger partial charge is 0.383 e. The van der Waals surface area contributed by atoms with Gasteiger partial charge in [-0.15, -0.1) is 0 Å². The number of aromatic amines is 1. The van der Waals surface area contributed by atoms with Crippen molar-refractivity contribution in [1.82, 2.24) is 19.6 Å². The second kappa shape index (κ2) is 5.97. The van der Waals surface area contributed by atoms with E-state index in [1.54, 1.807) is 24.4 Å². The highest BCUT2D eigenvalue weighted by atomic mass is 19.4. The lowest BCUT2D eigenvalue weighted by Gasteiger charge is -2.07. The summed E-state index contributed by atoms with van der Waals surface area (Å²) in [6.07, 6.45) is -2.85. The number of H-pyrrole nitrogens is 1. The summed E-state index contributed by atoms with van der Waals surface area (Å²) in [5, 5.41) is 2.73. The molecular weight excluding hydrogens is 359 g/mol. The number of fused-ring (bicyclic) bond motifs is 1. The lowest BCUT2D eigenvalue weighted by molar-refractivity contribution is -0.137. The normalized spacial score (nSPS) is 11.8. The molecule has 1 aromatic carbocycles. The molecule has 0 bridgehead atoms. The first-order valence-electron chi connectivity index (χ1n) is 7.85. The summed E-state index contributed by atoms with van der Waals surface area (Å²) in [5.41, 5.74) is 6.61. The minimum Gasteiger partial charge on any atom is -0.383 e. The van der Waals surface area contributed by atoms with Crippen molar-refractivity contribution in [3.63, 3.8) is 0 Å². The molecule has 9 heteroatoms. The van der Waals surface area contributed by atoms with Crippen LogP contribution < -0.4 is 11.3 Å². The Bertz CT molecular complexity index is 1180. The minimum absolute atomic E-state index is 0.211. The Morgan fingerprint density at radius 1 is 1.04 bits per heavy atom. The zero-order valence-corrected chi connectivity index (χ0v) is 13.7.